The van der Waals surface area contributed by atoms with Gasteiger partial charge in [-0.15, -0.1) is 0 Å². The molecule has 3 N–H and O–H groups in total. The smallest absolute Gasteiger partial charge is 0.148 e. The van der Waals surface area contributed by atoms with E-state index in [0.717, 1.165) is 0 Å². The molecule has 2 aromatic carbocycles. The van der Waals surface area contributed by atoms with Gasteiger partial charge in [0, 0.05) is 6.07 Å². The number of ether oxygens (including phenoxy) is 1. The standard InChI is InChI=1S/C14H12FN3O/c1-19-13-7-9(8-16)5-6-11(13)18-12-4-2-3-10(15)14(12)17/h2-7,18H,17H2,1H3. The van der Waals surface area contributed by atoms with E-state index in [1.54, 1.807) is 30.3 Å². The van der Waals surface area contributed by atoms with Crippen LogP contribution in [0.3, 0.4) is 0 Å². The number of halogens is 1. The zero-order chi connectivity index (χ0) is 13.8. The molecule has 4 nitrogen and oxygen atoms in total. The van der Waals surface area contributed by atoms with Crippen LogP contribution in [0.5, 0.6) is 5.75 Å². The van der Waals surface area contributed by atoms with Gasteiger partial charge in [-0.2, -0.15) is 5.26 Å². The van der Waals surface area contributed by atoms with E-state index < -0.39 is 5.82 Å². The van der Waals surface area contributed by atoms with E-state index in [2.05, 4.69) is 5.32 Å². The second kappa shape index (κ2) is 5.27. The lowest BCUT2D eigenvalue weighted by atomic mass is 10.2. The topological polar surface area (TPSA) is 71.1 Å². The molecule has 0 heterocycles. The number of nitrogens with zero attached hydrogens (tertiary/aromatic N) is 1. The highest BCUT2D eigenvalue weighted by Crippen LogP contribution is 2.31. The number of benzene rings is 2. The summed E-state index contributed by atoms with van der Waals surface area (Å²) < 4.78 is 18.5. The Morgan fingerprint density at radius 3 is 2.74 bits per heavy atom. The summed E-state index contributed by atoms with van der Waals surface area (Å²) in [6, 6.07) is 11.4. The van der Waals surface area contributed by atoms with E-state index in [4.69, 9.17) is 15.7 Å². The largest absolute Gasteiger partial charge is 0.495 e. The summed E-state index contributed by atoms with van der Waals surface area (Å²) in [5, 5.41) is 11.8. The first kappa shape index (κ1) is 12.7. The average Bonchev–Trinajstić information content (AvgIpc) is 2.44. The maximum atomic E-state index is 13.3. The minimum atomic E-state index is -0.488. The Kier molecular flexibility index (Phi) is 3.53. The Hall–Kier alpha value is -2.74. The van der Waals surface area contributed by atoms with E-state index in [1.165, 1.54) is 13.2 Å². The molecule has 0 atom stereocenters. The first-order chi connectivity index (χ1) is 9.15. The third-order valence-electron chi connectivity index (χ3n) is 2.65. The summed E-state index contributed by atoms with van der Waals surface area (Å²) in [5.41, 5.74) is 7.22. The van der Waals surface area contributed by atoms with Crippen molar-refractivity contribution in [2.24, 2.45) is 0 Å². The molecule has 0 aliphatic heterocycles. The van der Waals surface area contributed by atoms with Crippen LogP contribution >= 0.6 is 0 Å². The summed E-state index contributed by atoms with van der Waals surface area (Å²) in [7, 11) is 1.50. The Balaban J connectivity index is 2.38. The van der Waals surface area contributed by atoms with Gasteiger partial charge < -0.3 is 15.8 Å². The zero-order valence-corrected chi connectivity index (χ0v) is 10.3. The Morgan fingerprint density at radius 1 is 1.26 bits per heavy atom. The van der Waals surface area contributed by atoms with Gasteiger partial charge >= 0.3 is 0 Å². The number of hydrogen-bond acceptors (Lipinski definition) is 4. The predicted octanol–water partition coefficient (Wildman–Crippen LogP) is 3.03. The Labute approximate surface area is 110 Å². The van der Waals surface area contributed by atoms with Crippen molar-refractivity contribution in [3.05, 3.63) is 47.8 Å². The third kappa shape index (κ3) is 2.58. The van der Waals surface area contributed by atoms with Crippen LogP contribution < -0.4 is 15.8 Å². The van der Waals surface area contributed by atoms with Crippen LogP contribution in [0.15, 0.2) is 36.4 Å². The minimum absolute atomic E-state index is 0.0360. The number of hydrogen-bond donors (Lipinski definition) is 2. The average molecular weight is 257 g/mol. The van der Waals surface area contributed by atoms with Crippen molar-refractivity contribution in [2.45, 2.75) is 0 Å². The quantitative estimate of drug-likeness (QED) is 0.829. The molecule has 2 aromatic rings. The van der Waals surface area contributed by atoms with Gasteiger partial charge in [0.25, 0.3) is 0 Å². The molecule has 0 aliphatic carbocycles. The monoisotopic (exact) mass is 257 g/mol. The van der Waals surface area contributed by atoms with E-state index in [1.807, 2.05) is 6.07 Å². The van der Waals surface area contributed by atoms with Gasteiger partial charge in [0.15, 0.2) is 0 Å². The summed E-state index contributed by atoms with van der Waals surface area (Å²) in [6.07, 6.45) is 0. The lowest BCUT2D eigenvalue weighted by molar-refractivity contribution is 0.416. The van der Waals surface area contributed by atoms with Gasteiger partial charge in [-0.3, -0.25) is 0 Å². The molecule has 19 heavy (non-hydrogen) atoms. The minimum Gasteiger partial charge on any atom is -0.495 e. The van der Waals surface area contributed by atoms with Crippen molar-refractivity contribution < 1.29 is 9.13 Å². The fourth-order valence-corrected chi connectivity index (χ4v) is 1.66. The molecule has 0 spiro atoms. The molecule has 0 saturated heterocycles. The molecule has 2 rings (SSSR count). The van der Waals surface area contributed by atoms with Crippen molar-refractivity contribution in [3.8, 4) is 11.8 Å². The molecule has 0 saturated carbocycles. The summed E-state index contributed by atoms with van der Waals surface area (Å²) in [6.45, 7) is 0. The molecule has 0 fully saturated rings. The van der Waals surface area contributed by atoms with Gasteiger partial charge in [0.2, 0.25) is 0 Å². The molecule has 0 aliphatic rings. The third-order valence-corrected chi connectivity index (χ3v) is 2.65. The van der Waals surface area contributed by atoms with Gasteiger partial charge in [-0.25, -0.2) is 4.39 Å². The molecule has 0 unspecified atom stereocenters. The van der Waals surface area contributed by atoms with Crippen LogP contribution in [-0.4, -0.2) is 7.11 Å². The second-order valence-corrected chi connectivity index (χ2v) is 3.85. The zero-order valence-electron chi connectivity index (χ0n) is 10.3. The molecule has 0 radical (unpaired) electrons. The van der Waals surface area contributed by atoms with Crippen molar-refractivity contribution in [2.75, 3.05) is 18.2 Å². The first-order valence-corrected chi connectivity index (χ1v) is 5.55. The van der Waals surface area contributed by atoms with Crippen LogP contribution in [0.25, 0.3) is 0 Å². The number of rotatable bonds is 3. The molecule has 0 aromatic heterocycles. The van der Waals surface area contributed by atoms with Gasteiger partial charge in [0.1, 0.15) is 11.6 Å². The number of anilines is 3. The second-order valence-electron chi connectivity index (χ2n) is 3.85. The van der Waals surface area contributed by atoms with E-state index in [9.17, 15) is 4.39 Å². The van der Waals surface area contributed by atoms with Crippen molar-refractivity contribution in [1.29, 1.82) is 5.26 Å². The number of methoxy groups -OCH3 is 1. The predicted molar refractivity (Wildman–Crippen MR) is 71.8 cm³/mol. The number of nitrogens with two attached hydrogens (primary N) is 1. The number of para-hydroxylation sites is 1. The Morgan fingerprint density at radius 2 is 2.05 bits per heavy atom. The van der Waals surface area contributed by atoms with Crippen LogP contribution in [0.2, 0.25) is 0 Å². The van der Waals surface area contributed by atoms with E-state index >= 15 is 0 Å². The van der Waals surface area contributed by atoms with Gasteiger partial charge in [-0.1, -0.05) is 6.07 Å². The number of nitrogen functional groups attached to an aromatic ring is 1. The lowest BCUT2D eigenvalue weighted by Gasteiger charge is -2.13. The highest BCUT2D eigenvalue weighted by atomic mass is 19.1. The van der Waals surface area contributed by atoms with Crippen LogP contribution in [-0.2, 0) is 0 Å². The van der Waals surface area contributed by atoms with Crippen LogP contribution in [0.4, 0.5) is 21.5 Å². The fourth-order valence-electron chi connectivity index (χ4n) is 1.66. The highest BCUT2D eigenvalue weighted by Gasteiger charge is 2.08. The highest BCUT2D eigenvalue weighted by molar-refractivity contribution is 5.76. The van der Waals surface area contributed by atoms with E-state index in [-0.39, 0.29) is 5.69 Å². The van der Waals surface area contributed by atoms with Gasteiger partial charge in [-0.05, 0) is 24.3 Å². The van der Waals surface area contributed by atoms with Crippen LogP contribution in [0, 0.1) is 17.1 Å². The summed E-state index contributed by atoms with van der Waals surface area (Å²) >= 11 is 0. The SMILES string of the molecule is COc1cc(C#N)ccc1Nc1cccc(F)c1N. The Bertz CT molecular complexity index is 650. The number of nitrogens with one attached hydrogen (secondary N) is 1. The van der Waals surface area contributed by atoms with Crippen LogP contribution in [0.1, 0.15) is 5.56 Å². The molecular formula is C14H12FN3O. The first-order valence-electron chi connectivity index (χ1n) is 5.55. The van der Waals surface area contributed by atoms with Gasteiger partial charge in [0.05, 0.1) is 35.8 Å². The summed E-state index contributed by atoms with van der Waals surface area (Å²) in [4.78, 5) is 0. The molecular weight excluding hydrogens is 245 g/mol. The molecule has 0 bridgehead atoms. The van der Waals surface area contributed by atoms with Crippen molar-refractivity contribution in [1.82, 2.24) is 0 Å². The normalized spacial score (nSPS) is 9.74. The molecule has 5 heteroatoms. The number of nitriles is 1. The molecule has 96 valence electrons. The fraction of sp³-hybridized carbons (Fsp3) is 0.0714. The van der Waals surface area contributed by atoms with Crippen molar-refractivity contribution >= 4 is 17.1 Å². The van der Waals surface area contributed by atoms with Crippen molar-refractivity contribution in [3.63, 3.8) is 0 Å². The van der Waals surface area contributed by atoms with E-state index in [0.29, 0.717) is 22.7 Å². The maximum absolute atomic E-state index is 13.3. The summed E-state index contributed by atoms with van der Waals surface area (Å²) in [5.74, 6) is 0.000299. The lowest BCUT2D eigenvalue weighted by Crippen LogP contribution is -2.00. The maximum Gasteiger partial charge on any atom is 0.148 e. The molecule has 0 amide bonds.